The van der Waals surface area contributed by atoms with Crippen LogP contribution in [-0.4, -0.2) is 19.1 Å². The van der Waals surface area contributed by atoms with Gasteiger partial charge in [0.2, 0.25) is 0 Å². The van der Waals surface area contributed by atoms with Gasteiger partial charge in [0.1, 0.15) is 5.82 Å². The summed E-state index contributed by atoms with van der Waals surface area (Å²) in [6.07, 6.45) is 5.61. The summed E-state index contributed by atoms with van der Waals surface area (Å²) in [7, 11) is 0. The second-order valence-corrected chi connectivity index (χ2v) is 10.8. The Morgan fingerprint density at radius 1 is 0.429 bits per heavy atom. The fraction of sp³-hybridized carbons (Fsp3) is 0. The van der Waals surface area contributed by atoms with Crippen molar-refractivity contribution in [1.82, 2.24) is 19.1 Å². The van der Waals surface area contributed by atoms with Crippen LogP contribution in [-0.2, 0) is 0 Å². The summed E-state index contributed by atoms with van der Waals surface area (Å²) in [5, 5.41) is 7.38. The van der Waals surface area contributed by atoms with E-state index in [-0.39, 0.29) is 0 Å². The van der Waals surface area contributed by atoms with Crippen molar-refractivity contribution in [3.8, 4) is 22.6 Å². The summed E-state index contributed by atoms with van der Waals surface area (Å²) in [5.41, 5.74) is 8.00. The van der Waals surface area contributed by atoms with Crippen LogP contribution in [0, 0.1) is 0 Å². The minimum absolute atomic E-state index is 0.898. The Kier molecular flexibility index (Phi) is 4.87. The summed E-state index contributed by atoms with van der Waals surface area (Å²) in [4.78, 5) is 9.21. The first-order valence-electron chi connectivity index (χ1n) is 14.2. The zero-order chi connectivity index (χ0) is 27.6. The monoisotopic (exact) mass is 536 g/mol. The molecule has 0 saturated heterocycles. The van der Waals surface area contributed by atoms with Gasteiger partial charge in [-0.05, 0) is 77.5 Å². The molecule has 42 heavy (non-hydrogen) atoms. The molecule has 4 nitrogen and oxygen atoms in total. The number of hydrogen-bond acceptors (Lipinski definition) is 2. The third-order valence-electron chi connectivity index (χ3n) is 8.41. The van der Waals surface area contributed by atoms with Crippen molar-refractivity contribution in [3.63, 3.8) is 0 Å². The van der Waals surface area contributed by atoms with Gasteiger partial charge < -0.3 is 4.57 Å². The van der Waals surface area contributed by atoms with Crippen LogP contribution in [0.1, 0.15) is 0 Å². The van der Waals surface area contributed by atoms with Gasteiger partial charge in [0.15, 0.2) is 0 Å². The second-order valence-electron chi connectivity index (χ2n) is 10.8. The molecule has 4 heterocycles. The summed E-state index contributed by atoms with van der Waals surface area (Å²) in [5.74, 6) is 0.898. The van der Waals surface area contributed by atoms with E-state index in [2.05, 4.69) is 135 Å². The van der Waals surface area contributed by atoms with Crippen molar-refractivity contribution in [2.45, 2.75) is 0 Å². The summed E-state index contributed by atoms with van der Waals surface area (Å²) in [6.45, 7) is 0. The lowest BCUT2D eigenvalue weighted by Gasteiger charge is -2.10. The quantitative estimate of drug-likeness (QED) is 0.225. The predicted molar refractivity (Wildman–Crippen MR) is 174 cm³/mol. The van der Waals surface area contributed by atoms with Gasteiger partial charge in [-0.1, -0.05) is 60.7 Å². The van der Waals surface area contributed by atoms with Crippen LogP contribution in [0.3, 0.4) is 0 Å². The smallest absolute Gasteiger partial charge is 0.137 e. The standard InChI is InChI=1S/C38H24N4/c1-2-10-29(11-3-1)41-34-14-6-4-12-30(34)32-19-28-22-37-33(20-27(28)21-36(32)41)31-13-5-7-15-35(31)42(37)38-17-16-26(24-40-38)25-9-8-18-39-23-25/h1-24H. The number of pyridine rings is 2. The van der Waals surface area contributed by atoms with Crippen LogP contribution in [0.5, 0.6) is 0 Å². The van der Waals surface area contributed by atoms with E-state index < -0.39 is 0 Å². The van der Waals surface area contributed by atoms with Crippen molar-refractivity contribution >= 4 is 54.4 Å². The highest BCUT2D eigenvalue weighted by molar-refractivity contribution is 6.18. The largest absolute Gasteiger partial charge is 0.309 e. The molecule has 4 heteroatoms. The molecule has 0 fully saturated rings. The van der Waals surface area contributed by atoms with E-state index in [1.165, 1.54) is 49.0 Å². The summed E-state index contributed by atoms with van der Waals surface area (Å²) >= 11 is 0. The highest BCUT2D eigenvalue weighted by atomic mass is 15.1. The highest BCUT2D eigenvalue weighted by Crippen LogP contribution is 2.39. The first-order valence-corrected chi connectivity index (χ1v) is 14.2. The minimum atomic E-state index is 0.898. The highest BCUT2D eigenvalue weighted by Gasteiger charge is 2.17. The maximum atomic E-state index is 4.94. The molecule has 9 aromatic rings. The molecule has 0 aliphatic rings. The van der Waals surface area contributed by atoms with Crippen LogP contribution in [0.4, 0.5) is 0 Å². The minimum Gasteiger partial charge on any atom is -0.309 e. The maximum Gasteiger partial charge on any atom is 0.137 e. The molecule has 0 aliphatic carbocycles. The summed E-state index contributed by atoms with van der Waals surface area (Å²) in [6, 6.07) is 45.6. The van der Waals surface area contributed by atoms with E-state index >= 15 is 0 Å². The van der Waals surface area contributed by atoms with Crippen LogP contribution in [0.2, 0.25) is 0 Å². The van der Waals surface area contributed by atoms with E-state index in [1.54, 1.807) is 6.20 Å². The Hall–Kier alpha value is -5.74. The van der Waals surface area contributed by atoms with Gasteiger partial charge in [-0.2, -0.15) is 0 Å². The lowest BCUT2D eigenvalue weighted by molar-refractivity contribution is 1.08. The zero-order valence-corrected chi connectivity index (χ0v) is 22.6. The van der Waals surface area contributed by atoms with E-state index in [0.717, 1.165) is 28.0 Å². The van der Waals surface area contributed by atoms with Gasteiger partial charge in [-0.25, -0.2) is 4.98 Å². The molecule has 0 bridgehead atoms. The van der Waals surface area contributed by atoms with E-state index in [9.17, 15) is 0 Å². The number of benzene rings is 5. The average Bonchev–Trinajstić information content (AvgIpc) is 3.55. The van der Waals surface area contributed by atoms with Crippen molar-refractivity contribution in [3.05, 3.63) is 146 Å². The van der Waals surface area contributed by atoms with Crippen molar-refractivity contribution < 1.29 is 0 Å². The Bertz CT molecular complexity index is 2430. The number of para-hydroxylation sites is 3. The number of hydrogen-bond donors (Lipinski definition) is 0. The van der Waals surface area contributed by atoms with E-state index in [1.807, 2.05) is 18.5 Å². The zero-order valence-electron chi connectivity index (χ0n) is 22.6. The van der Waals surface area contributed by atoms with Crippen molar-refractivity contribution in [2.75, 3.05) is 0 Å². The van der Waals surface area contributed by atoms with E-state index in [0.29, 0.717) is 0 Å². The van der Waals surface area contributed by atoms with Gasteiger partial charge >= 0.3 is 0 Å². The fourth-order valence-corrected chi connectivity index (χ4v) is 6.50. The first kappa shape index (κ1) is 23.0. The molecule has 196 valence electrons. The molecule has 0 amide bonds. The molecule has 0 N–H and O–H groups in total. The van der Waals surface area contributed by atoms with Crippen molar-refractivity contribution in [2.24, 2.45) is 0 Å². The fourth-order valence-electron chi connectivity index (χ4n) is 6.50. The third-order valence-corrected chi connectivity index (χ3v) is 8.41. The molecule has 0 unspecified atom stereocenters. The molecule has 0 atom stereocenters. The van der Waals surface area contributed by atoms with Crippen molar-refractivity contribution in [1.29, 1.82) is 0 Å². The van der Waals surface area contributed by atoms with Gasteiger partial charge in [-0.15, -0.1) is 0 Å². The molecule has 9 rings (SSSR count). The Balaban J connectivity index is 1.32. The average molecular weight is 537 g/mol. The maximum absolute atomic E-state index is 4.94. The predicted octanol–water partition coefficient (Wildman–Crippen LogP) is 9.49. The molecule has 0 aliphatic heterocycles. The van der Waals surface area contributed by atoms with Crippen LogP contribution >= 0.6 is 0 Å². The Morgan fingerprint density at radius 3 is 1.69 bits per heavy atom. The molecule has 4 aromatic heterocycles. The molecular formula is C38H24N4. The van der Waals surface area contributed by atoms with Crippen LogP contribution < -0.4 is 0 Å². The van der Waals surface area contributed by atoms with Gasteiger partial charge in [0.05, 0.1) is 22.1 Å². The SMILES string of the molecule is c1ccc(-n2c3ccccc3c3cc4cc5c(cc4cc32)c2ccccc2n5-c2ccc(-c3cccnc3)cn2)cc1. The number of rotatable bonds is 3. The first-order chi connectivity index (χ1) is 20.8. The van der Waals surface area contributed by atoms with Gasteiger partial charge in [0.25, 0.3) is 0 Å². The molecule has 5 aromatic carbocycles. The van der Waals surface area contributed by atoms with Gasteiger partial charge in [0, 0.05) is 56.9 Å². The van der Waals surface area contributed by atoms with Crippen LogP contribution in [0.25, 0.3) is 77.0 Å². The normalized spacial score (nSPS) is 11.8. The molecule has 0 spiro atoms. The van der Waals surface area contributed by atoms with E-state index in [4.69, 9.17) is 4.98 Å². The number of nitrogens with zero attached hydrogens (tertiary/aromatic N) is 4. The Morgan fingerprint density at radius 2 is 1.05 bits per heavy atom. The second kappa shape index (κ2) is 8.88. The van der Waals surface area contributed by atoms with Crippen LogP contribution in [0.15, 0.2) is 146 Å². The molecule has 0 radical (unpaired) electrons. The van der Waals surface area contributed by atoms with Gasteiger partial charge in [-0.3, -0.25) is 9.55 Å². The topological polar surface area (TPSA) is 35.6 Å². The Labute approximate surface area is 241 Å². The molecule has 0 saturated carbocycles. The lowest BCUT2D eigenvalue weighted by Crippen LogP contribution is -1.97. The third kappa shape index (κ3) is 3.36. The lowest BCUT2D eigenvalue weighted by atomic mass is 10.0. The number of aromatic nitrogens is 4. The summed E-state index contributed by atoms with van der Waals surface area (Å²) < 4.78 is 4.67. The number of fused-ring (bicyclic) bond motifs is 7. The molecular weight excluding hydrogens is 512 g/mol.